The third kappa shape index (κ3) is 7.01. The van der Waals surface area contributed by atoms with Gasteiger partial charge in [-0.15, -0.1) is 24.8 Å². The molecule has 0 unspecified atom stereocenters. The van der Waals surface area contributed by atoms with Crippen molar-refractivity contribution < 1.29 is 9.53 Å². The zero-order valence-electron chi connectivity index (χ0n) is 23.1. The normalized spacial score (nSPS) is 13.4. The Morgan fingerprint density at radius 1 is 1.00 bits per heavy atom. The highest BCUT2D eigenvalue weighted by atomic mass is 35.5. The summed E-state index contributed by atoms with van der Waals surface area (Å²) in [5, 5.41) is 3.11. The molecule has 0 radical (unpaired) electrons. The summed E-state index contributed by atoms with van der Waals surface area (Å²) >= 11 is 0. The number of anilines is 1. The number of piperazine rings is 1. The van der Waals surface area contributed by atoms with E-state index in [-0.39, 0.29) is 30.7 Å². The monoisotopic (exact) mass is 561 g/mol. The summed E-state index contributed by atoms with van der Waals surface area (Å²) in [5.41, 5.74) is 6.41. The first-order valence-corrected chi connectivity index (χ1v) is 13.0. The Kier molecular flexibility index (Phi) is 11.9. The van der Waals surface area contributed by atoms with Gasteiger partial charge in [0.05, 0.1) is 12.8 Å². The van der Waals surface area contributed by atoms with Crippen LogP contribution in [0.1, 0.15) is 46.5 Å². The molecule has 2 aromatic carbocycles. The van der Waals surface area contributed by atoms with Crippen LogP contribution < -0.4 is 15.0 Å². The molecular formula is C29H41Cl2N5O2. The van der Waals surface area contributed by atoms with E-state index in [9.17, 15) is 4.79 Å². The lowest BCUT2D eigenvalue weighted by Gasteiger charge is -2.37. The Labute approximate surface area is 239 Å². The largest absolute Gasteiger partial charge is 0.497 e. The minimum absolute atomic E-state index is 0. The van der Waals surface area contributed by atoms with E-state index in [0.29, 0.717) is 12.2 Å². The molecule has 0 aliphatic carbocycles. The van der Waals surface area contributed by atoms with Crippen LogP contribution in [0.3, 0.4) is 0 Å². The number of aryl methyl sites for hydroxylation is 2. The maximum atomic E-state index is 13.1. The highest BCUT2D eigenvalue weighted by Crippen LogP contribution is 2.24. The highest BCUT2D eigenvalue weighted by Gasteiger charge is 2.22. The molecule has 3 aromatic rings. The highest BCUT2D eigenvalue weighted by molar-refractivity contribution is 5.93. The molecule has 1 amide bonds. The number of carbonyl (C=O) groups is 1. The van der Waals surface area contributed by atoms with Crippen molar-refractivity contribution in [1.29, 1.82) is 0 Å². The predicted octanol–water partition coefficient (Wildman–Crippen LogP) is 5.15. The van der Waals surface area contributed by atoms with Crippen molar-refractivity contribution in [2.75, 3.05) is 51.3 Å². The van der Waals surface area contributed by atoms with E-state index in [2.05, 4.69) is 58.7 Å². The standard InChI is InChI=1S/C29H39N5O2.2ClH/c1-6-8-27-31-28(23(4)34(27)24-11-13-25(36-5)14-12-24)29(35)30-15-16-32-17-19-33(20-18-32)26-10-7-9-21(2)22(26)3;;/h7,9-14H,6,8,15-20H2,1-5H3,(H,30,35);2*1H. The second-order valence-corrected chi connectivity index (χ2v) is 9.55. The number of hydrogen-bond acceptors (Lipinski definition) is 5. The van der Waals surface area contributed by atoms with Crippen molar-refractivity contribution in [1.82, 2.24) is 19.8 Å². The first kappa shape index (κ1) is 31.5. The molecule has 2 heterocycles. The zero-order chi connectivity index (χ0) is 25.7. The molecule has 0 saturated carbocycles. The summed E-state index contributed by atoms with van der Waals surface area (Å²) in [5.74, 6) is 1.61. The van der Waals surface area contributed by atoms with E-state index >= 15 is 0 Å². The molecular weight excluding hydrogens is 521 g/mol. The summed E-state index contributed by atoms with van der Waals surface area (Å²) < 4.78 is 7.38. The topological polar surface area (TPSA) is 62.6 Å². The lowest BCUT2D eigenvalue weighted by Crippen LogP contribution is -2.48. The molecule has 208 valence electrons. The van der Waals surface area contributed by atoms with Gasteiger partial charge in [0.15, 0.2) is 0 Å². The molecule has 4 rings (SSSR count). The average molecular weight is 563 g/mol. The maximum absolute atomic E-state index is 13.1. The molecule has 1 saturated heterocycles. The van der Waals surface area contributed by atoms with Crippen molar-refractivity contribution in [3.05, 3.63) is 70.8 Å². The number of nitrogens with zero attached hydrogens (tertiary/aromatic N) is 4. The van der Waals surface area contributed by atoms with Gasteiger partial charge < -0.3 is 19.5 Å². The first-order valence-electron chi connectivity index (χ1n) is 13.0. The number of carbonyl (C=O) groups excluding carboxylic acids is 1. The summed E-state index contributed by atoms with van der Waals surface area (Å²) in [7, 11) is 1.66. The molecule has 38 heavy (non-hydrogen) atoms. The number of ether oxygens (including phenoxy) is 1. The Morgan fingerprint density at radius 2 is 1.68 bits per heavy atom. The van der Waals surface area contributed by atoms with Gasteiger partial charge in [-0.2, -0.15) is 0 Å². The molecule has 9 heteroatoms. The Hall–Kier alpha value is -2.74. The number of rotatable bonds is 9. The Morgan fingerprint density at radius 3 is 2.32 bits per heavy atom. The van der Waals surface area contributed by atoms with Gasteiger partial charge in [-0.05, 0) is 68.7 Å². The minimum atomic E-state index is -0.105. The van der Waals surface area contributed by atoms with Gasteiger partial charge in [-0.3, -0.25) is 9.69 Å². The summed E-state index contributed by atoms with van der Waals surface area (Å²) in [6.07, 6.45) is 1.77. The number of halogens is 2. The van der Waals surface area contributed by atoms with Crippen LogP contribution in [-0.2, 0) is 6.42 Å². The number of imidazole rings is 1. The smallest absolute Gasteiger partial charge is 0.271 e. The SMILES string of the molecule is CCCc1nc(C(=O)NCCN2CCN(c3cccc(C)c3C)CC2)c(C)n1-c1ccc(OC)cc1.Cl.Cl. The molecule has 7 nitrogen and oxygen atoms in total. The van der Waals surface area contributed by atoms with Gasteiger partial charge in [0, 0.05) is 57.1 Å². The first-order chi connectivity index (χ1) is 17.4. The van der Waals surface area contributed by atoms with Crippen LogP contribution in [0.5, 0.6) is 5.75 Å². The molecule has 1 aromatic heterocycles. The summed E-state index contributed by atoms with van der Waals surface area (Å²) in [6.45, 7) is 13.9. The van der Waals surface area contributed by atoms with E-state index in [1.54, 1.807) is 7.11 Å². The molecule has 1 aliphatic rings. The van der Waals surface area contributed by atoms with Crippen molar-refractivity contribution in [3.8, 4) is 11.4 Å². The van der Waals surface area contributed by atoms with Crippen LogP contribution in [0.25, 0.3) is 5.69 Å². The third-order valence-electron chi connectivity index (χ3n) is 7.20. The summed E-state index contributed by atoms with van der Waals surface area (Å²) in [6, 6.07) is 14.4. The minimum Gasteiger partial charge on any atom is -0.497 e. The fourth-order valence-corrected chi connectivity index (χ4v) is 4.94. The zero-order valence-corrected chi connectivity index (χ0v) is 24.8. The van der Waals surface area contributed by atoms with Crippen LogP contribution in [0.4, 0.5) is 5.69 Å². The number of amides is 1. The fourth-order valence-electron chi connectivity index (χ4n) is 4.94. The number of hydrogen-bond donors (Lipinski definition) is 1. The van der Waals surface area contributed by atoms with Gasteiger partial charge in [-0.25, -0.2) is 4.98 Å². The van der Waals surface area contributed by atoms with E-state index in [4.69, 9.17) is 9.72 Å². The number of methoxy groups -OCH3 is 1. The number of nitrogens with one attached hydrogen (secondary N) is 1. The molecule has 0 bridgehead atoms. The van der Waals surface area contributed by atoms with Gasteiger partial charge in [0.1, 0.15) is 17.3 Å². The van der Waals surface area contributed by atoms with Gasteiger partial charge in [0.2, 0.25) is 0 Å². The Bertz CT molecular complexity index is 1190. The number of benzene rings is 2. The van der Waals surface area contributed by atoms with Crippen molar-refractivity contribution in [2.45, 2.75) is 40.5 Å². The lowest BCUT2D eigenvalue weighted by molar-refractivity contribution is 0.0942. The van der Waals surface area contributed by atoms with Crippen molar-refractivity contribution in [2.24, 2.45) is 0 Å². The van der Waals surface area contributed by atoms with Gasteiger partial charge >= 0.3 is 0 Å². The van der Waals surface area contributed by atoms with Crippen LogP contribution in [-0.4, -0.2) is 66.7 Å². The molecule has 0 atom stereocenters. The van der Waals surface area contributed by atoms with Crippen molar-refractivity contribution >= 4 is 36.4 Å². The average Bonchev–Trinajstić information content (AvgIpc) is 3.22. The molecule has 1 fully saturated rings. The predicted molar refractivity (Wildman–Crippen MR) is 160 cm³/mol. The van der Waals surface area contributed by atoms with Gasteiger partial charge in [-0.1, -0.05) is 19.1 Å². The molecule has 1 N–H and O–H groups in total. The van der Waals surface area contributed by atoms with E-state index < -0.39 is 0 Å². The second-order valence-electron chi connectivity index (χ2n) is 9.55. The fraction of sp³-hybridized carbons (Fsp3) is 0.448. The van der Waals surface area contributed by atoms with Crippen LogP contribution in [0.15, 0.2) is 42.5 Å². The molecule has 0 spiro atoms. The van der Waals surface area contributed by atoms with E-state index in [1.807, 2.05) is 31.2 Å². The van der Waals surface area contributed by atoms with E-state index in [1.165, 1.54) is 16.8 Å². The lowest BCUT2D eigenvalue weighted by atomic mass is 10.1. The summed E-state index contributed by atoms with van der Waals surface area (Å²) in [4.78, 5) is 22.7. The van der Waals surface area contributed by atoms with Crippen molar-refractivity contribution in [3.63, 3.8) is 0 Å². The Balaban J connectivity index is 0.00000253. The molecule has 1 aliphatic heterocycles. The quantitative estimate of drug-likeness (QED) is 0.391. The van der Waals surface area contributed by atoms with Crippen LogP contribution in [0, 0.1) is 20.8 Å². The van der Waals surface area contributed by atoms with Crippen LogP contribution in [0.2, 0.25) is 0 Å². The van der Waals surface area contributed by atoms with E-state index in [0.717, 1.165) is 68.5 Å². The second kappa shape index (κ2) is 14.4. The van der Waals surface area contributed by atoms with Gasteiger partial charge in [0.25, 0.3) is 5.91 Å². The van der Waals surface area contributed by atoms with Crippen LogP contribution >= 0.6 is 24.8 Å². The number of aromatic nitrogens is 2. The third-order valence-corrected chi connectivity index (χ3v) is 7.20. The maximum Gasteiger partial charge on any atom is 0.271 e.